The van der Waals surface area contributed by atoms with Crippen molar-refractivity contribution >= 4 is 38.1 Å². The van der Waals surface area contributed by atoms with Crippen LogP contribution in [0.15, 0.2) is 90.1 Å². The van der Waals surface area contributed by atoms with E-state index in [-0.39, 0.29) is 10.8 Å². The van der Waals surface area contributed by atoms with Gasteiger partial charge in [0.2, 0.25) is 5.91 Å². The minimum atomic E-state index is -3.77. The second-order valence-corrected chi connectivity index (χ2v) is 8.47. The third-order valence-corrected chi connectivity index (χ3v) is 5.86. The molecule has 0 aliphatic heterocycles. The number of hydrogen-bond acceptors (Lipinski definition) is 5. The zero-order valence-corrected chi connectivity index (χ0v) is 17.4. The molecule has 0 aliphatic rings. The van der Waals surface area contributed by atoms with Crippen molar-refractivity contribution in [1.82, 2.24) is 4.98 Å². The molecule has 0 aliphatic carbocycles. The quantitative estimate of drug-likeness (QED) is 0.456. The minimum Gasteiger partial charge on any atom is -0.457 e. The molecule has 156 valence electrons. The third-order valence-electron chi connectivity index (χ3n) is 4.46. The number of carbonyl (C=O) groups excluding carboxylic acids is 1. The zero-order chi connectivity index (χ0) is 21.8. The SMILES string of the molecule is CC(=O)Nc1ccc(S(=O)(=O)Nc2ccc(Oc3cccc4cnccc34)cc2)cc1. The van der Waals surface area contributed by atoms with Crippen molar-refractivity contribution in [1.29, 1.82) is 0 Å². The lowest BCUT2D eigenvalue weighted by atomic mass is 10.1. The molecule has 2 N–H and O–H groups in total. The molecule has 7 nitrogen and oxygen atoms in total. The number of nitrogens with zero attached hydrogens (tertiary/aromatic N) is 1. The van der Waals surface area contributed by atoms with Crippen molar-refractivity contribution in [3.63, 3.8) is 0 Å². The van der Waals surface area contributed by atoms with Crippen molar-refractivity contribution in [3.05, 3.63) is 85.2 Å². The van der Waals surface area contributed by atoms with Gasteiger partial charge in [-0.1, -0.05) is 12.1 Å². The van der Waals surface area contributed by atoms with Crippen LogP contribution in [0.1, 0.15) is 6.92 Å². The predicted molar refractivity (Wildman–Crippen MR) is 120 cm³/mol. The molecule has 1 amide bonds. The highest BCUT2D eigenvalue weighted by Gasteiger charge is 2.14. The van der Waals surface area contributed by atoms with Crippen LogP contribution in [0.5, 0.6) is 11.5 Å². The van der Waals surface area contributed by atoms with Gasteiger partial charge < -0.3 is 10.1 Å². The summed E-state index contributed by atoms with van der Waals surface area (Å²) in [6.07, 6.45) is 3.47. The Kier molecular flexibility index (Phi) is 5.55. The first-order valence-electron chi connectivity index (χ1n) is 9.42. The van der Waals surface area contributed by atoms with Gasteiger partial charge in [0.25, 0.3) is 10.0 Å². The van der Waals surface area contributed by atoms with E-state index < -0.39 is 10.0 Å². The molecule has 31 heavy (non-hydrogen) atoms. The number of anilines is 2. The van der Waals surface area contributed by atoms with E-state index in [0.29, 0.717) is 22.9 Å². The van der Waals surface area contributed by atoms with Gasteiger partial charge in [-0.2, -0.15) is 0 Å². The van der Waals surface area contributed by atoms with Crippen LogP contribution in [-0.2, 0) is 14.8 Å². The van der Waals surface area contributed by atoms with E-state index in [1.807, 2.05) is 24.3 Å². The summed E-state index contributed by atoms with van der Waals surface area (Å²) in [7, 11) is -3.77. The Morgan fingerprint density at radius 2 is 1.61 bits per heavy atom. The summed E-state index contributed by atoms with van der Waals surface area (Å²) in [4.78, 5) is 15.3. The van der Waals surface area contributed by atoms with Gasteiger partial charge in [-0.25, -0.2) is 8.42 Å². The van der Waals surface area contributed by atoms with Crippen LogP contribution < -0.4 is 14.8 Å². The summed E-state index contributed by atoms with van der Waals surface area (Å²) in [5.41, 5.74) is 0.928. The van der Waals surface area contributed by atoms with Crippen LogP contribution in [0.25, 0.3) is 10.8 Å². The molecule has 0 atom stereocenters. The van der Waals surface area contributed by atoms with Crippen LogP contribution >= 0.6 is 0 Å². The number of hydrogen-bond donors (Lipinski definition) is 2. The Morgan fingerprint density at radius 1 is 0.903 bits per heavy atom. The Hall–Kier alpha value is -3.91. The summed E-state index contributed by atoms with van der Waals surface area (Å²) in [5, 5.41) is 4.50. The Morgan fingerprint density at radius 3 is 2.32 bits per heavy atom. The molecule has 0 spiro atoms. The molecule has 1 heterocycles. The maximum Gasteiger partial charge on any atom is 0.261 e. The number of fused-ring (bicyclic) bond motifs is 1. The van der Waals surface area contributed by atoms with Crippen molar-refractivity contribution < 1.29 is 17.9 Å². The van der Waals surface area contributed by atoms with E-state index in [4.69, 9.17) is 4.74 Å². The van der Waals surface area contributed by atoms with E-state index in [1.54, 1.807) is 36.7 Å². The smallest absolute Gasteiger partial charge is 0.261 e. The van der Waals surface area contributed by atoms with Crippen LogP contribution in [0.3, 0.4) is 0 Å². The molecule has 0 bridgehead atoms. The molecule has 0 saturated carbocycles. The fourth-order valence-electron chi connectivity index (χ4n) is 3.03. The number of amides is 1. The van der Waals surface area contributed by atoms with Crippen molar-refractivity contribution in [2.75, 3.05) is 10.0 Å². The number of carbonyl (C=O) groups is 1. The van der Waals surface area contributed by atoms with Gasteiger partial charge in [0.05, 0.1) is 4.90 Å². The number of nitrogens with one attached hydrogen (secondary N) is 2. The van der Waals surface area contributed by atoms with Crippen LogP contribution in [0.4, 0.5) is 11.4 Å². The minimum absolute atomic E-state index is 0.0892. The molecule has 0 unspecified atom stereocenters. The Labute approximate surface area is 179 Å². The first-order valence-corrected chi connectivity index (χ1v) is 10.9. The highest BCUT2D eigenvalue weighted by atomic mass is 32.2. The summed E-state index contributed by atoms with van der Waals surface area (Å²) >= 11 is 0. The standard InChI is InChI=1S/C23H19N3O4S/c1-16(27)25-18-7-11-21(12-8-18)31(28,29)26-19-5-9-20(10-6-19)30-23-4-2-3-17-15-24-14-13-22(17)23/h2-15,26H,1H3,(H,25,27). The number of sulfonamides is 1. The van der Waals surface area contributed by atoms with E-state index in [1.165, 1.54) is 31.2 Å². The number of rotatable bonds is 6. The largest absolute Gasteiger partial charge is 0.457 e. The van der Waals surface area contributed by atoms with Crippen molar-refractivity contribution in [2.24, 2.45) is 0 Å². The summed E-state index contributed by atoms with van der Waals surface area (Å²) in [6, 6.07) is 20.2. The summed E-state index contributed by atoms with van der Waals surface area (Å²) in [5.74, 6) is 1.04. The van der Waals surface area contributed by atoms with E-state index >= 15 is 0 Å². The number of pyridine rings is 1. The first-order chi connectivity index (χ1) is 14.9. The molecule has 4 aromatic rings. The fourth-order valence-corrected chi connectivity index (χ4v) is 4.09. The Bertz CT molecular complexity index is 1330. The molecule has 3 aromatic carbocycles. The van der Waals surface area contributed by atoms with Gasteiger partial charge in [-0.05, 0) is 60.7 Å². The van der Waals surface area contributed by atoms with Crippen LogP contribution in [0.2, 0.25) is 0 Å². The normalized spacial score (nSPS) is 11.1. The molecule has 1 aromatic heterocycles. The van der Waals surface area contributed by atoms with Gasteiger partial charge in [0.15, 0.2) is 0 Å². The van der Waals surface area contributed by atoms with Gasteiger partial charge in [-0.3, -0.25) is 14.5 Å². The second kappa shape index (κ2) is 8.45. The topological polar surface area (TPSA) is 97.4 Å². The summed E-state index contributed by atoms with van der Waals surface area (Å²) in [6.45, 7) is 1.39. The highest BCUT2D eigenvalue weighted by Crippen LogP contribution is 2.30. The maximum absolute atomic E-state index is 12.6. The number of ether oxygens (including phenoxy) is 1. The van der Waals surface area contributed by atoms with Crippen LogP contribution in [-0.4, -0.2) is 19.3 Å². The van der Waals surface area contributed by atoms with Gasteiger partial charge in [-0.15, -0.1) is 0 Å². The molecule has 8 heteroatoms. The fraction of sp³-hybridized carbons (Fsp3) is 0.0435. The molecular formula is C23H19N3O4S. The van der Waals surface area contributed by atoms with E-state index in [0.717, 1.165) is 10.8 Å². The molecule has 4 rings (SSSR count). The van der Waals surface area contributed by atoms with Gasteiger partial charge in [0.1, 0.15) is 11.5 Å². The predicted octanol–water partition coefficient (Wildman–Crippen LogP) is 4.79. The number of aromatic nitrogens is 1. The zero-order valence-electron chi connectivity index (χ0n) is 16.6. The molecule has 0 fully saturated rings. The summed E-state index contributed by atoms with van der Waals surface area (Å²) < 4.78 is 33.7. The number of benzene rings is 3. The van der Waals surface area contributed by atoms with Gasteiger partial charge >= 0.3 is 0 Å². The molecular weight excluding hydrogens is 414 g/mol. The third kappa shape index (κ3) is 4.81. The highest BCUT2D eigenvalue weighted by molar-refractivity contribution is 7.92. The lowest BCUT2D eigenvalue weighted by Gasteiger charge is -2.11. The molecule has 0 saturated heterocycles. The van der Waals surface area contributed by atoms with Gasteiger partial charge in [0, 0.05) is 41.5 Å². The maximum atomic E-state index is 12.6. The average molecular weight is 433 g/mol. The Balaban J connectivity index is 1.48. The van der Waals surface area contributed by atoms with E-state index in [9.17, 15) is 13.2 Å². The molecule has 0 radical (unpaired) electrons. The second-order valence-electron chi connectivity index (χ2n) is 6.79. The average Bonchev–Trinajstić information content (AvgIpc) is 2.75. The van der Waals surface area contributed by atoms with Crippen molar-refractivity contribution in [3.8, 4) is 11.5 Å². The lowest BCUT2D eigenvalue weighted by Crippen LogP contribution is -2.13. The lowest BCUT2D eigenvalue weighted by molar-refractivity contribution is -0.114. The van der Waals surface area contributed by atoms with Crippen molar-refractivity contribution in [2.45, 2.75) is 11.8 Å². The van der Waals surface area contributed by atoms with Crippen LogP contribution in [0, 0.1) is 0 Å². The monoisotopic (exact) mass is 433 g/mol. The van der Waals surface area contributed by atoms with E-state index in [2.05, 4.69) is 15.0 Å². The first kappa shape index (κ1) is 20.4.